The van der Waals surface area contributed by atoms with Crippen LogP contribution < -0.4 is 15.8 Å². The standard InChI is InChI=1S/C14H21N3O3S/c15-9-11-2-1-3-12(8-11)10-21(19,20)16-7-6-14(18)17-13-4-5-13/h1-3,8,13,16H,4-7,9-10,15H2,(H,17,18). The third kappa shape index (κ3) is 5.82. The molecule has 0 bridgehead atoms. The van der Waals surface area contributed by atoms with E-state index in [9.17, 15) is 13.2 Å². The quantitative estimate of drug-likeness (QED) is 0.640. The number of nitrogens with one attached hydrogen (secondary N) is 2. The van der Waals surface area contributed by atoms with E-state index >= 15 is 0 Å². The molecule has 1 saturated carbocycles. The van der Waals surface area contributed by atoms with Crippen molar-refractivity contribution >= 4 is 15.9 Å². The van der Waals surface area contributed by atoms with Gasteiger partial charge in [-0.2, -0.15) is 0 Å². The zero-order chi connectivity index (χ0) is 15.3. The zero-order valence-electron chi connectivity index (χ0n) is 11.8. The minimum Gasteiger partial charge on any atom is -0.353 e. The highest BCUT2D eigenvalue weighted by atomic mass is 32.2. The molecule has 0 atom stereocenters. The number of rotatable bonds is 8. The van der Waals surface area contributed by atoms with E-state index in [2.05, 4.69) is 10.0 Å². The highest BCUT2D eigenvalue weighted by Crippen LogP contribution is 2.18. The summed E-state index contributed by atoms with van der Waals surface area (Å²) < 4.78 is 26.3. The van der Waals surface area contributed by atoms with Gasteiger partial charge in [0.2, 0.25) is 15.9 Å². The molecule has 1 aliphatic rings. The number of sulfonamides is 1. The monoisotopic (exact) mass is 311 g/mol. The smallest absolute Gasteiger partial charge is 0.221 e. The van der Waals surface area contributed by atoms with Crippen LogP contribution in [0, 0.1) is 0 Å². The van der Waals surface area contributed by atoms with Gasteiger partial charge < -0.3 is 11.1 Å². The molecule has 2 rings (SSSR count). The van der Waals surface area contributed by atoms with Gasteiger partial charge in [0.15, 0.2) is 0 Å². The van der Waals surface area contributed by atoms with Crippen molar-refractivity contribution in [3.8, 4) is 0 Å². The van der Waals surface area contributed by atoms with Gasteiger partial charge in [0.1, 0.15) is 0 Å². The van der Waals surface area contributed by atoms with E-state index in [1.165, 1.54) is 0 Å². The van der Waals surface area contributed by atoms with Crippen LogP contribution in [0.5, 0.6) is 0 Å². The SMILES string of the molecule is NCc1cccc(CS(=O)(=O)NCCC(=O)NC2CC2)c1. The number of amides is 1. The third-order valence-electron chi connectivity index (χ3n) is 3.20. The molecule has 1 amide bonds. The maximum Gasteiger partial charge on any atom is 0.221 e. The molecule has 21 heavy (non-hydrogen) atoms. The fourth-order valence-electron chi connectivity index (χ4n) is 1.96. The van der Waals surface area contributed by atoms with Crippen LogP contribution in [0.15, 0.2) is 24.3 Å². The molecule has 1 aromatic carbocycles. The first-order valence-corrected chi connectivity index (χ1v) is 8.68. The molecule has 0 unspecified atom stereocenters. The van der Waals surface area contributed by atoms with Gasteiger partial charge in [-0.25, -0.2) is 13.1 Å². The average molecular weight is 311 g/mol. The van der Waals surface area contributed by atoms with E-state index in [-0.39, 0.29) is 24.6 Å². The second-order valence-electron chi connectivity index (χ2n) is 5.27. The fourth-order valence-corrected chi connectivity index (χ4v) is 3.10. The lowest BCUT2D eigenvalue weighted by atomic mass is 10.1. The molecule has 0 heterocycles. The third-order valence-corrected chi connectivity index (χ3v) is 4.56. The molecule has 0 spiro atoms. The number of carbonyl (C=O) groups is 1. The highest BCUT2D eigenvalue weighted by Gasteiger charge is 2.23. The van der Waals surface area contributed by atoms with Crippen LogP contribution in [0.3, 0.4) is 0 Å². The Labute approximate surface area is 125 Å². The molecular weight excluding hydrogens is 290 g/mol. The highest BCUT2D eigenvalue weighted by molar-refractivity contribution is 7.88. The van der Waals surface area contributed by atoms with Gasteiger partial charge in [-0.1, -0.05) is 24.3 Å². The lowest BCUT2D eigenvalue weighted by molar-refractivity contribution is -0.121. The average Bonchev–Trinajstić information content (AvgIpc) is 3.22. The number of hydrogen-bond acceptors (Lipinski definition) is 4. The first-order valence-electron chi connectivity index (χ1n) is 7.03. The summed E-state index contributed by atoms with van der Waals surface area (Å²) in [4.78, 5) is 11.5. The molecule has 1 aromatic rings. The van der Waals surface area contributed by atoms with Gasteiger partial charge in [0, 0.05) is 25.6 Å². The van der Waals surface area contributed by atoms with E-state index in [4.69, 9.17) is 5.73 Å². The van der Waals surface area contributed by atoms with Crippen molar-refractivity contribution in [2.24, 2.45) is 5.73 Å². The number of hydrogen-bond donors (Lipinski definition) is 3. The zero-order valence-corrected chi connectivity index (χ0v) is 12.7. The molecule has 116 valence electrons. The fraction of sp³-hybridized carbons (Fsp3) is 0.500. The van der Waals surface area contributed by atoms with Gasteiger partial charge in [0.05, 0.1) is 5.75 Å². The lowest BCUT2D eigenvalue weighted by Crippen LogP contribution is -2.32. The minimum atomic E-state index is -3.44. The van der Waals surface area contributed by atoms with E-state index in [1.54, 1.807) is 18.2 Å². The van der Waals surface area contributed by atoms with Crippen LogP contribution in [-0.2, 0) is 27.1 Å². The second kappa shape index (κ2) is 7.02. The first-order chi connectivity index (χ1) is 9.98. The van der Waals surface area contributed by atoms with Gasteiger partial charge in [-0.15, -0.1) is 0 Å². The molecule has 1 fully saturated rings. The van der Waals surface area contributed by atoms with E-state index in [0.29, 0.717) is 18.2 Å². The number of carbonyl (C=O) groups excluding carboxylic acids is 1. The maximum absolute atomic E-state index is 11.9. The Balaban J connectivity index is 1.79. The predicted octanol–water partition coefficient (Wildman–Crippen LogP) is 0.233. The van der Waals surface area contributed by atoms with Crippen molar-refractivity contribution in [1.82, 2.24) is 10.0 Å². The summed E-state index contributed by atoms with van der Waals surface area (Å²) in [6, 6.07) is 7.46. The van der Waals surface area contributed by atoms with Gasteiger partial charge in [-0.3, -0.25) is 4.79 Å². The van der Waals surface area contributed by atoms with Crippen molar-refractivity contribution < 1.29 is 13.2 Å². The van der Waals surface area contributed by atoms with Crippen LogP contribution in [0.1, 0.15) is 30.4 Å². The van der Waals surface area contributed by atoms with Crippen molar-refractivity contribution in [2.45, 2.75) is 37.6 Å². The number of benzene rings is 1. The summed E-state index contributed by atoms with van der Waals surface area (Å²) in [5, 5.41) is 2.82. The second-order valence-corrected chi connectivity index (χ2v) is 7.08. The summed E-state index contributed by atoms with van der Waals surface area (Å²) >= 11 is 0. The van der Waals surface area contributed by atoms with Crippen LogP contribution in [0.25, 0.3) is 0 Å². The van der Waals surface area contributed by atoms with Crippen molar-refractivity contribution in [2.75, 3.05) is 6.54 Å². The van der Waals surface area contributed by atoms with Crippen molar-refractivity contribution in [3.63, 3.8) is 0 Å². The van der Waals surface area contributed by atoms with Gasteiger partial charge in [-0.05, 0) is 24.0 Å². The Morgan fingerprint density at radius 2 is 2.00 bits per heavy atom. The van der Waals surface area contributed by atoms with Crippen molar-refractivity contribution in [3.05, 3.63) is 35.4 Å². The Morgan fingerprint density at radius 3 is 2.67 bits per heavy atom. The predicted molar refractivity (Wildman–Crippen MR) is 80.7 cm³/mol. The van der Waals surface area contributed by atoms with Crippen molar-refractivity contribution in [1.29, 1.82) is 0 Å². The van der Waals surface area contributed by atoms with Crippen LogP contribution in [0.4, 0.5) is 0 Å². The molecule has 0 aromatic heterocycles. The topological polar surface area (TPSA) is 101 Å². The largest absolute Gasteiger partial charge is 0.353 e. The maximum atomic E-state index is 11.9. The number of nitrogens with two attached hydrogens (primary N) is 1. The molecule has 0 saturated heterocycles. The summed E-state index contributed by atoms with van der Waals surface area (Å²) in [5.41, 5.74) is 7.11. The summed E-state index contributed by atoms with van der Waals surface area (Å²) in [7, 11) is -3.44. The molecule has 0 radical (unpaired) electrons. The van der Waals surface area contributed by atoms with E-state index in [1.807, 2.05) is 6.07 Å². The molecular formula is C14H21N3O3S. The summed E-state index contributed by atoms with van der Waals surface area (Å²) in [5.74, 6) is -0.212. The minimum absolute atomic E-state index is 0.106. The van der Waals surface area contributed by atoms with Crippen LogP contribution in [0.2, 0.25) is 0 Å². The van der Waals surface area contributed by atoms with E-state index < -0.39 is 10.0 Å². The molecule has 7 heteroatoms. The summed E-state index contributed by atoms with van der Waals surface area (Å²) in [6.07, 6.45) is 2.21. The Kier molecular flexibility index (Phi) is 5.33. The molecule has 4 N–H and O–H groups in total. The van der Waals surface area contributed by atoms with Crippen LogP contribution >= 0.6 is 0 Å². The molecule has 6 nitrogen and oxygen atoms in total. The first kappa shape index (κ1) is 15.9. The van der Waals surface area contributed by atoms with E-state index in [0.717, 1.165) is 18.4 Å². The Morgan fingerprint density at radius 1 is 1.29 bits per heavy atom. The summed E-state index contributed by atoms with van der Waals surface area (Å²) in [6.45, 7) is 0.500. The lowest BCUT2D eigenvalue weighted by Gasteiger charge is -2.08. The van der Waals surface area contributed by atoms with Crippen LogP contribution in [-0.4, -0.2) is 26.9 Å². The van der Waals surface area contributed by atoms with Gasteiger partial charge >= 0.3 is 0 Å². The van der Waals surface area contributed by atoms with Gasteiger partial charge in [0.25, 0.3) is 0 Å². The molecule has 1 aliphatic carbocycles. The Hall–Kier alpha value is -1.44. The Bertz CT molecular complexity index is 597. The molecule has 0 aliphatic heterocycles. The normalized spacial score (nSPS) is 14.9.